The van der Waals surface area contributed by atoms with Crippen LogP contribution in [0.1, 0.15) is 67.2 Å². The number of aromatic amines is 1. The zero-order valence-corrected chi connectivity index (χ0v) is 23.1. The molecule has 4 aromatic rings. The first-order valence-electron chi connectivity index (χ1n) is 14.8. The molecule has 6 rings (SSSR count). The molecule has 0 radical (unpaired) electrons. The van der Waals surface area contributed by atoms with E-state index in [-0.39, 0.29) is 11.3 Å². The van der Waals surface area contributed by atoms with Gasteiger partial charge in [0, 0.05) is 30.6 Å². The standard InChI is InChI=1S/C32H41N5O2/c1-36(24-7-3-2-4-8-24)17-6-18-37-21-34-28-19-23(25-9-5-10-27(25)32(28)37)20-33-16-15-22-11-13-29(38)31-26(22)12-14-30(39)35-31/h11-14,19,21,24,33,38H,2-10,15-18,20H2,1H3,(H,35,39). The van der Waals surface area contributed by atoms with Crippen LogP contribution in [-0.4, -0.2) is 50.7 Å². The van der Waals surface area contributed by atoms with Crippen LogP contribution in [0.4, 0.5) is 0 Å². The second kappa shape index (κ2) is 11.5. The van der Waals surface area contributed by atoms with Gasteiger partial charge in [-0.05, 0) is 106 Å². The average molecular weight is 528 g/mol. The Morgan fingerprint density at radius 2 is 1.92 bits per heavy atom. The van der Waals surface area contributed by atoms with Gasteiger partial charge in [-0.25, -0.2) is 4.98 Å². The van der Waals surface area contributed by atoms with Gasteiger partial charge >= 0.3 is 0 Å². The van der Waals surface area contributed by atoms with Crippen LogP contribution in [0.15, 0.2) is 41.5 Å². The number of nitrogens with one attached hydrogen (secondary N) is 2. The lowest BCUT2D eigenvalue weighted by atomic mass is 9.94. The second-order valence-electron chi connectivity index (χ2n) is 11.6. The van der Waals surface area contributed by atoms with Crippen LogP contribution in [0, 0.1) is 0 Å². The number of aryl methyl sites for hydroxylation is 2. The summed E-state index contributed by atoms with van der Waals surface area (Å²) in [4.78, 5) is 21.9. The summed E-state index contributed by atoms with van der Waals surface area (Å²) in [6.07, 6.45) is 14.5. The molecule has 0 saturated heterocycles. The molecule has 1 fully saturated rings. The number of aromatic nitrogens is 3. The minimum atomic E-state index is -0.202. The number of pyridine rings is 1. The van der Waals surface area contributed by atoms with Crippen molar-refractivity contribution in [2.45, 2.75) is 83.3 Å². The maximum absolute atomic E-state index is 11.7. The first kappa shape index (κ1) is 26.1. The number of phenols is 1. The Balaban J connectivity index is 1.10. The fourth-order valence-electron chi connectivity index (χ4n) is 6.93. The number of rotatable bonds is 10. The lowest BCUT2D eigenvalue weighted by Gasteiger charge is -2.31. The van der Waals surface area contributed by atoms with Gasteiger partial charge in [-0.1, -0.05) is 25.3 Å². The average Bonchev–Trinajstić information content (AvgIpc) is 3.60. The van der Waals surface area contributed by atoms with Crippen molar-refractivity contribution in [3.05, 3.63) is 69.3 Å². The number of nitrogens with zero attached hydrogens (tertiary/aromatic N) is 3. The normalized spacial score (nSPS) is 16.1. The molecule has 0 bridgehead atoms. The van der Waals surface area contributed by atoms with Crippen molar-refractivity contribution < 1.29 is 5.11 Å². The summed E-state index contributed by atoms with van der Waals surface area (Å²) in [6, 6.07) is 10.0. The second-order valence-corrected chi connectivity index (χ2v) is 11.6. The molecule has 0 unspecified atom stereocenters. The van der Waals surface area contributed by atoms with E-state index >= 15 is 0 Å². The van der Waals surface area contributed by atoms with Gasteiger partial charge in [0.1, 0.15) is 5.75 Å². The lowest BCUT2D eigenvalue weighted by Crippen LogP contribution is -2.34. The molecule has 3 N–H and O–H groups in total. The molecule has 0 amide bonds. The first-order chi connectivity index (χ1) is 19.1. The number of H-pyrrole nitrogens is 1. The molecule has 7 heteroatoms. The third kappa shape index (κ3) is 5.48. The van der Waals surface area contributed by atoms with Crippen molar-refractivity contribution >= 4 is 21.9 Å². The van der Waals surface area contributed by atoms with Crippen LogP contribution < -0.4 is 10.9 Å². The maximum Gasteiger partial charge on any atom is 0.248 e. The number of aromatic hydroxyl groups is 1. The van der Waals surface area contributed by atoms with E-state index in [1.54, 1.807) is 12.1 Å². The van der Waals surface area contributed by atoms with E-state index in [9.17, 15) is 9.90 Å². The predicted octanol–water partition coefficient (Wildman–Crippen LogP) is 5.06. The van der Waals surface area contributed by atoms with Crippen molar-refractivity contribution in [1.82, 2.24) is 24.8 Å². The summed E-state index contributed by atoms with van der Waals surface area (Å²) < 4.78 is 2.41. The molecule has 39 heavy (non-hydrogen) atoms. The van der Waals surface area contributed by atoms with E-state index in [1.165, 1.54) is 66.8 Å². The highest BCUT2D eigenvalue weighted by Crippen LogP contribution is 2.33. The summed E-state index contributed by atoms with van der Waals surface area (Å²) >= 11 is 0. The molecule has 2 aromatic heterocycles. The fraction of sp³-hybridized carbons (Fsp3) is 0.500. The smallest absolute Gasteiger partial charge is 0.248 e. The Labute approximate surface area is 230 Å². The number of imidazole rings is 1. The van der Waals surface area contributed by atoms with Crippen LogP contribution in [0.2, 0.25) is 0 Å². The minimum absolute atomic E-state index is 0.110. The number of hydrogen-bond donors (Lipinski definition) is 3. The summed E-state index contributed by atoms with van der Waals surface area (Å²) in [6.45, 7) is 3.82. The van der Waals surface area contributed by atoms with Crippen LogP contribution in [0.25, 0.3) is 21.9 Å². The van der Waals surface area contributed by atoms with Crippen molar-refractivity contribution in [3.63, 3.8) is 0 Å². The summed E-state index contributed by atoms with van der Waals surface area (Å²) in [5.41, 5.74) is 8.31. The highest BCUT2D eigenvalue weighted by molar-refractivity contribution is 5.87. The van der Waals surface area contributed by atoms with Gasteiger partial charge in [-0.2, -0.15) is 0 Å². The quantitative estimate of drug-likeness (QED) is 0.251. The Hall–Kier alpha value is -3.16. The predicted molar refractivity (Wildman–Crippen MR) is 158 cm³/mol. The van der Waals surface area contributed by atoms with Gasteiger partial charge in [-0.3, -0.25) is 4.79 Å². The molecule has 2 aliphatic carbocycles. The van der Waals surface area contributed by atoms with Crippen LogP contribution in [0.3, 0.4) is 0 Å². The molecule has 0 aliphatic heterocycles. The van der Waals surface area contributed by atoms with Crippen molar-refractivity contribution in [2.24, 2.45) is 0 Å². The summed E-state index contributed by atoms with van der Waals surface area (Å²) in [5.74, 6) is 0.110. The highest BCUT2D eigenvalue weighted by atomic mass is 16.3. The molecular formula is C32H41N5O2. The number of phenolic OH excluding ortho intramolecular Hbond substituents is 1. The van der Waals surface area contributed by atoms with Crippen LogP contribution >= 0.6 is 0 Å². The molecule has 7 nitrogen and oxygen atoms in total. The molecule has 2 aromatic carbocycles. The highest BCUT2D eigenvalue weighted by Gasteiger charge is 2.22. The number of fused-ring (bicyclic) bond motifs is 4. The van der Waals surface area contributed by atoms with Gasteiger partial charge in [0.2, 0.25) is 5.56 Å². The van der Waals surface area contributed by atoms with Gasteiger partial charge in [-0.15, -0.1) is 0 Å². The third-order valence-electron chi connectivity index (χ3n) is 9.03. The van der Waals surface area contributed by atoms with Crippen molar-refractivity contribution in [1.29, 1.82) is 0 Å². The first-order valence-corrected chi connectivity index (χ1v) is 14.8. The SMILES string of the molecule is CN(CCCn1cnc2cc(CNCCc3ccc(O)c4[nH]c(=O)ccc34)c3c(c21)CCC3)C1CCCCC1. The number of benzene rings is 2. The Kier molecular flexibility index (Phi) is 7.71. The molecule has 2 aliphatic rings. The van der Waals surface area contributed by atoms with Crippen LogP contribution in [0.5, 0.6) is 5.75 Å². The topological polar surface area (TPSA) is 86.2 Å². The van der Waals surface area contributed by atoms with Gasteiger partial charge in [0.15, 0.2) is 0 Å². The largest absolute Gasteiger partial charge is 0.506 e. The Morgan fingerprint density at radius 1 is 1.08 bits per heavy atom. The molecule has 2 heterocycles. The van der Waals surface area contributed by atoms with E-state index in [4.69, 9.17) is 4.98 Å². The molecular weight excluding hydrogens is 486 g/mol. The molecule has 0 spiro atoms. The number of hydrogen-bond acceptors (Lipinski definition) is 5. The zero-order valence-electron chi connectivity index (χ0n) is 23.1. The van der Waals surface area contributed by atoms with Crippen molar-refractivity contribution in [2.75, 3.05) is 20.1 Å². The van der Waals surface area contributed by atoms with Gasteiger partial charge in [0.05, 0.1) is 22.9 Å². The van der Waals surface area contributed by atoms with E-state index in [0.29, 0.717) is 5.52 Å². The Morgan fingerprint density at radius 3 is 2.79 bits per heavy atom. The maximum atomic E-state index is 11.7. The summed E-state index contributed by atoms with van der Waals surface area (Å²) in [5, 5.41) is 14.7. The monoisotopic (exact) mass is 527 g/mol. The fourth-order valence-corrected chi connectivity index (χ4v) is 6.93. The van der Waals surface area contributed by atoms with Crippen LogP contribution in [-0.2, 0) is 32.4 Å². The lowest BCUT2D eigenvalue weighted by molar-refractivity contribution is 0.187. The molecule has 0 atom stereocenters. The Bertz CT molecular complexity index is 1510. The third-order valence-corrected chi connectivity index (χ3v) is 9.03. The molecule has 206 valence electrons. The van der Waals surface area contributed by atoms with E-state index in [0.717, 1.165) is 74.4 Å². The molecule has 1 saturated carbocycles. The van der Waals surface area contributed by atoms with Gasteiger partial charge in [0.25, 0.3) is 0 Å². The van der Waals surface area contributed by atoms with E-state index < -0.39 is 0 Å². The van der Waals surface area contributed by atoms with E-state index in [1.807, 2.05) is 6.07 Å². The zero-order chi connectivity index (χ0) is 26.8. The van der Waals surface area contributed by atoms with E-state index in [2.05, 4.69) is 39.2 Å². The van der Waals surface area contributed by atoms with Gasteiger partial charge < -0.3 is 24.9 Å². The van der Waals surface area contributed by atoms with Crippen molar-refractivity contribution in [3.8, 4) is 5.75 Å². The minimum Gasteiger partial charge on any atom is -0.506 e. The summed E-state index contributed by atoms with van der Waals surface area (Å²) in [7, 11) is 2.31.